The summed E-state index contributed by atoms with van der Waals surface area (Å²) in [5, 5.41) is 23.1. The highest BCUT2D eigenvalue weighted by atomic mass is 79.9. The van der Waals surface area contributed by atoms with Gasteiger partial charge in [-0.05, 0) is 31.5 Å². The van der Waals surface area contributed by atoms with Crippen molar-refractivity contribution in [2.75, 3.05) is 19.7 Å². The van der Waals surface area contributed by atoms with Crippen LogP contribution in [-0.4, -0.2) is 52.9 Å². The number of carbonyl (C=O) groups is 1. The molecule has 0 aromatic rings. The molecule has 222 valence electrons. The SMILES string of the molecule is Br.CCCCCCCCCCCCC/C=C/[C@H](O)[C@H](CO)NC(=O)C1=CC=CN(CCCCCCCC)C1. The molecule has 1 aliphatic heterocycles. The largest absolute Gasteiger partial charge is 0.394 e. The summed E-state index contributed by atoms with van der Waals surface area (Å²) in [6, 6.07) is -0.695. The molecule has 5 nitrogen and oxygen atoms in total. The lowest BCUT2D eigenvalue weighted by atomic mass is 10.0. The third-order valence-corrected chi connectivity index (χ3v) is 7.29. The summed E-state index contributed by atoms with van der Waals surface area (Å²) < 4.78 is 0. The molecule has 0 aliphatic carbocycles. The molecule has 0 aromatic carbocycles. The summed E-state index contributed by atoms with van der Waals surface area (Å²) >= 11 is 0. The Balaban J connectivity index is 0.0000137. The van der Waals surface area contributed by atoms with E-state index in [0.717, 1.165) is 25.8 Å². The van der Waals surface area contributed by atoms with Gasteiger partial charge in [-0.1, -0.05) is 128 Å². The van der Waals surface area contributed by atoms with Gasteiger partial charge in [0.1, 0.15) is 0 Å². The van der Waals surface area contributed by atoms with Gasteiger partial charge in [0.25, 0.3) is 0 Å². The van der Waals surface area contributed by atoms with E-state index < -0.39 is 12.1 Å². The van der Waals surface area contributed by atoms with Crippen LogP contribution in [-0.2, 0) is 4.79 Å². The van der Waals surface area contributed by atoms with Crippen LogP contribution in [0, 0.1) is 0 Å². The van der Waals surface area contributed by atoms with Gasteiger partial charge < -0.3 is 20.4 Å². The zero-order valence-corrected chi connectivity index (χ0v) is 26.3. The fourth-order valence-electron chi connectivity index (χ4n) is 4.80. The predicted octanol–water partition coefficient (Wildman–Crippen LogP) is 7.78. The standard InChI is InChI=1S/C32H58N2O3.BrH/c1-3-5-7-9-11-12-13-14-15-16-17-18-20-24-31(36)30(28-35)33-32(37)29-23-22-26-34(27-29)25-21-19-10-8-6-4-2;/h20,22-24,26,30-31,35-36H,3-19,21,25,27-28H2,1-2H3,(H,33,37);1H/b24-20+;/t30-,31-;/m0./s1. The third-order valence-electron chi connectivity index (χ3n) is 7.29. The van der Waals surface area contributed by atoms with Gasteiger partial charge in [-0.3, -0.25) is 4.79 Å². The predicted molar refractivity (Wildman–Crippen MR) is 168 cm³/mol. The van der Waals surface area contributed by atoms with Gasteiger partial charge in [-0.15, -0.1) is 17.0 Å². The molecule has 1 heterocycles. The molecule has 1 aliphatic rings. The average Bonchev–Trinajstić information content (AvgIpc) is 2.91. The number of hydrogen-bond acceptors (Lipinski definition) is 4. The second kappa shape index (κ2) is 26.1. The van der Waals surface area contributed by atoms with Gasteiger partial charge in [0, 0.05) is 18.7 Å². The molecule has 3 N–H and O–H groups in total. The zero-order valence-electron chi connectivity index (χ0n) is 24.5. The van der Waals surface area contributed by atoms with Gasteiger partial charge in [0.05, 0.1) is 18.8 Å². The Morgan fingerprint density at radius 3 is 1.97 bits per heavy atom. The zero-order chi connectivity index (χ0) is 27.0. The Kier molecular flexibility index (Phi) is 25.4. The van der Waals surface area contributed by atoms with Crippen LogP contribution in [0.5, 0.6) is 0 Å². The lowest BCUT2D eigenvalue weighted by Crippen LogP contribution is -2.46. The molecular formula is C32H59BrN2O3. The number of amides is 1. The van der Waals surface area contributed by atoms with E-state index in [4.69, 9.17) is 0 Å². The van der Waals surface area contributed by atoms with Crippen LogP contribution in [0.3, 0.4) is 0 Å². The Bertz CT molecular complexity index is 651. The summed E-state index contributed by atoms with van der Waals surface area (Å²) in [4.78, 5) is 14.9. The number of aliphatic hydroxyl groups excluding tert-OH is 2. The van der Waals surface area contributed by atoms with Crippen molar-refractivity contribution in [2.24, 2.45) is 0 Å². The quantitative estimate of drug-likeness (QED) is 0.0783. The fraction of sp³-hybridized carbons (Fsp3) is 0.781. The highest BCUT2D eigenvalue weighted by Gasteiger charge is 2.21. The van der Waals surface area contributed by atoms with Gasteiger partial charge in [0.15, 0.2) is 0 Å². The van der Waals surface area contributed by atoms with Crippen LogP contribution < -0.4 is 5.32 Å². The van der Waals surface area contributed by atoms with Crippen molar-refractivity contribution < 1.29 is 15.0 Å². The smallest absolute Gasteiger partial charge is 0.249 e. The molecule has 0 aromatic heterocycles. The molecule has 1 rings (SSSR count). The molecule has 1 amide bonds. The second-order valence-corrected chi connectivity index (χ2v) is 10.8. The maximum absolute atomic E-state index is 12.8. The van der Waals surface area contributed by atoms with Crippen molar-refractivity contribution in [3.8, 4) is 0 Å². The summed E-state index contributed by atoms with van der Waals surface area (Å²) in [6.45, 7) is 5.72. The molecule has 6 heteroatoms. The van der Waals surface area contributed by atoms with E-state index in [1.807, 2.05) is 24.4 Å². The molecule has 2 atom stereocenters. The minimum Gasteiger partial charge on any atom is -0.394 e. The van der Waals surface area contributed by atoms with Gasteiger partial charge in [-0.2, -0.15) is 0 Å². The van der Waals surface area contributed by atoms with E-state index in [1.165, 1.54) is 96.3 Å². The number of nitrogens with one attached hydrogen (secondary N) is 1. The van der Waals surface area contributed by atoms with Crippen LogP contribution >= 0.6 is 17.0 Å². The third kappa shape index (κ3) is 19.0. The summed E-state index contributed by atoms with van der Waals surface area (Å²) in [5.41, 5.74) is 0.670. The number of carbonyl (C=O) groups excluding carboxylic acids is 1. The topological polar surface area (TPSA) is 72.8 Å². The van der Waals surface area contributed by atoms with Crippen LogP contribution in [0.4, 0.5) is 0 Å². The molecule has 0 spiro atoms. The van der Waals surface area contributed by atoms with E-state index >= 15 is 0 Å². The number of nitrogens with zero attached hydrogens (tertiary/aromatic N) is 1. The first kappa shape index (κ1) is 36.9. The molecule has 0 saturated carbocycles. The first-order valence-corrected chi connectivity index (χ1v) is 15.5. The Morgan fingerprint density at radius 2 is 1.42 bits per heavy atom. The molecular weight excluding hydrogens is 540 g/mol. The molecule has 0 saturated heterocycles. The van der Waals surface area contributed by atoms with E-state index in [-0.39, 0.29) is 29.5 Å². The van der Waals surface area contributed by atoms with E-state index in [0.29, 0.717) is 12.1 Å². The molecule has 38 heavy (non-hydrogen) atoms. The van der Waals surface area contributed by atoms with E-state index in [2.05, 4.69) is 24.1 Å². The number of rotatable bonds is 24. The summed E-state index contributed by atoms with van der Waals surface area (Å²) in [6.07, 6.45) is 31.5. The second-order valence-electron chi connectivity index (χ2n) is 10.8. The molecule has 0 radical (unpaired) electrons. The summed E-state index contributed by atoms with van der Waals surface area (Å²) in [7, 11) is 0. The lowest BCUT2D eigenvalue weighted by Gasteiger charge is -2.26. The maximum atomic E-state index is 12.8. The van der Waals surface area contributed by atoms with Crippen LogP contribution in [0.1, 0.15) is 129 Å². The first-order chi connectivity index (χ1) is 18.1. The number of allylic oxidation sites excluding steroid dienone is 3. The van der Waals surface area contributed by atoms with Crippen LogP contribution in [0.2, 0.25) is 0 Å². The molecule has 0 unspecified atom stereocenters. The van der Waals surface area contributed by atoms with Crippen molar-refractivity contribution in [1.82, 2.24) is 10.2 Å². The van der Waals surface area contributed by atoms with E-state index in [1.54, 1.807) is 6.08 Å². The minimum atomic E-state index is -0.888. The molecule has 0 fully saturated rings. The van der Waals surface area contributed by atoms with Crippen molar-refractivity contribution in [3.63, 3.8) is 0 Å². The van der Waals surface area contributed by atoms with Crippen LogP contribution in [0.15, 0.2) is 36.1 Å². The van der Waals surface area contributed by atoms with Crippen molar-refractivity contribution in [2.45, 2.75) is 142 Å². The van der Waals surface area contributed by atoms with Gasteiger partial charge in [-0.25, -0.2) is 0 Å². The Hall–Kier alpha value is -1.11. The van der Waals surface area contributed by atoms with Crippen molar-refractivity contribution in [1.29, 1.82) is 0 Å². The first-order valence-electron chi connectivity index (χ1n) is 15.5. The number of unbranched alkanes of at least 4 members (excludes halogenated alkanes) is 16. The normalized spacial score (nSPS) is 14.8. The van der Waals surface area contributed by atoms with Crippen LogP contribution in [0.25, 0.3) is 0 Å². The fourth-order valence-corrected chi connectivity index (χ4v) is 4.80. The van der Waals surface area contributed by atoms with Gasteiger partial charge >= 0.3 is 0 Å². The van der Waals surface area contributed by atoms with Crippen molar-refractivity contribution >= 4 is 22.9 Å². The molecule has 0 bridgehead atoms. The van der Waals surface area contributed by atoms with E-state index in [9.17, 15) is 15.0 Å². The monoisotopic (exact) mass is 598 g/mol. The Labute approximate surface area is 245 Å². The number of hydrogen-bond donors (Lipinski definition) is 3. The van der Waals surface area contributed by atoms with Crippen molar-refractivity contribution in [3.05, 3.63) is 36.1 Å². The van der Waals surface area contributed by atoms with Gasteiger partial charge in [0.2, 0.25) is 5.91 Å². The average molecular weight is 600 g/mol. The number of aliphatic hydroxyl groups is 2. The Morgan fingerprint density at radius 1 is 0.895 bits per heavy atom. The highest BCUT2D eigenvalue weighted by molar-refractivity contribution is 8.93. The highest BCUT2D eigenvalue weighted by Crippen LogP contribution is 2.13. The minimum absolute atomic E-state index is 0. The maximum Gasteiger partial charge on any atom is 0.249 e. The summed E-state index contributed by atoms with van der Waals surface area (Å²) in [5.74, 6) is -0.214. The number of halogens is 1. The lowest BCUT2D eigenvalue weighted by molar-refractivity contribution is -0.119.